The normalized spacial score (nSPS) is 15.1. The fourth-order valence-corrected chi connectivity index (χ4v) is 5.06. The van der Waals surface area contributed by atoms with Crippen LogP contribution in [0.4, 0.5) is 0 Å². The lowest BCUT2D eigenvalue weighted by Gasteiger charge is -2.29. The molecule has 0 spiro atoms. The molecule has 0 radical (unpaired) electrons. The van der Waals surface area contributed by atoms with E-state index in [0.29, 0.717) is 29.8 Å². The smallest absolute Gasteiger partial charge is 0.332 e. The summed E-state index contributed by atoms with van der Waals surface area (Å²) in [6.07, 6.45) is 0.553. The first-order chi connectivity index (χ1) is 14.8. The Hall–Kier alpha value is -2.75. The number of carbonyl (C=O) groups excluding carboxylic acids is 1. The van der Waals surface area contributed by atoms with Crippen LogP contribution >= 0.6 is 11.3 Å². The lowest BCUT2D eigenvalue weighted by Crippen LogP contribution is -2.44. The number of hydrogen-bond acceptors (Lipinski definition) is 6. The molecule has 3 aromatic rings. The lowest BCUT2D eigenvalue weighted by atomic mass is 9.94. The number of aromatic nitrogens is 2. The van der Waals surface area contributed by atoms with Crippen LogP contribution in [0, 0.1) is 0 Å². The van der Waals surface area contributed by atoms with Crippen LogP contribution in [0.3, 0.4) is 0 Å². The Morgan fingerprint density at radius 3 is 2.68 bits per heavy atom. The zero-order valence-corrected chi connectivity index (χ0v) is 18.3. The third kappa shape index (κ3) is 4.21. The quantitative estimate of drug-likeness (QED) is 0.597. The molecule has 8 nitrogen and oxygen atoms in total. The number of nitrogens with zero attached hydrogens (tertiary/aromatic N) is 2. The summed E-state index contributed by atoms with van der Waals surface area (Å²) in [5, 5.41) is 11.9. The molecule has 31 heavy (non-hydrogen) atoms. The molecule has 2 aromatic heterocycles. The highest BCUT2D eigenvalue weighted by Crippen LogP contribution is 2.37. The van der Waals surface area contributed by atoms with E-state index >= 15 is 0 Å². The summed E-state index contributed by atoms with van der Waals surface area (Å²) in [5.41, 5.74) is 0.409. The van der Waals surface area contributed by atoms with Gasteiger partial charge in [-0.1, -0.05) is 30.3 Å². The number of carbonyl (C=O) groups is 1. The monoisotopic (exact) mass is 443 g/mol. The summed E-state index contributed by atoms with van der Waals surface area (Å²) in [6, 6.07) is 9.53. The van der Waals surface area contributed by atoms with Gasteiger partial charge in [-0.3, -0.25) is 18.7 Å². The molecular weight excluding hydrogens is 418 g/mol. The van der Waals surface area contributed by atoms with Gasteiger partial charge in [0.15, 0.2) is 0 Å². The van der Waals surface area contributed by atoms with Gasteiger partial charge in [-0.25, -0.2) is 4.79 Å². The Kier molecular flexibility index (Phi) is 5.83. The van der Waals surface area contributed by atoms with Gasteiger partial charge in [-0.2, -0.15) is 0 Å². The minimum atomic E-state index is -0.528. The first kappa shape index (κ1) is 21.5. The van der Waals surface area contributed by atoms with Crippen molar-refractivity contribution in [2.24, 2.45) is 0 Å². The zero-order chi connectivity index (χ0) is 22.2. The highest BCUT2D eigenvalue weighted by molar-refractivity contribution is 7.18. The summed E-state index contributed by atoms with van der Waals surface area (Å²) in [6.45, 7) is 4.07. The molecule has 1 aliphatic rings. The van der Waals surface area contributed by atoms with Crippen molar-refractivity contribution in [2.45, 2.75) is 45.6 Å². The molecular formula is C22H25N3O5S. The van der Waals surface area contributed by atoms with Crippen LogP contribution in [0.5, 0.6) is 0 Å². The Morgan fingerprint density at radius 2 is 1.97 bits per heavy atom. The average Bonchev–Trinajstić information content (AvgIpc) is 3.11. The van der Waals surface area contributed by atoms with E-state index < -0.39 is 29.3 Å². The lowest BCUT2D eigenvalue weighted by molar-refractivity contribution is -0.121. The van der Waals surface area contributed by atoms with Gasteiger partial charge in [0.05, 0.1) is 30.7 Å². The van der Waals surface area contributed by atoms with Crippen molar-refractivity contribution in [2.75, 3.05) is 13.2 Å². The number of thiophene rings is 1. The second-order valence-electron chi connectivity index (χ2n) is 8.23. The van der Waals surface area contributed by atoms with Gasteiger partial charge >= 0.3 is 5.69 Å². The fraction of sp³-hybridized carbons (Fsp3) is 0.409. The maximum Gasteiger partial charge on any atom is 0.332 e. The van der Waals surface area contributed by atoms with Crippen molar-refractivity contribution >= 4 is 27.5 Å². The van der Waals surface area contributed by atoms with Crippen LogP contribution in [0.25, 0.3) is 10.2 Å². The maximum absolute atomic E-state index is 13.4. The van der Waals surface area contributed by atoms with Crippen molar-refractivity contribution in [3.63, 3.8) is 0 Å². The summed E-state index contributed by atoms with van der Waals surface area (Å²) >= 11 is 1.41. The van der Waals surface area contributed by atoms with Gasteiger partial charge in [0, 0.05) is 17.8 Å². The second kappa shape index (κ2) is 8.41. The summed E-state index contributed by atoms with van der Waals surface area (Å²) in [5.74, 6) is -0.494. The van der Waals surface area contributed by atoms with Crippen LogP contribution in [-0.2, 0) is 35.6 Å². The minimum Gasteiger partial charge on any atom is -0.395 e. The number of nitrogens with one attached hydrogen (secondary N) is 1. The highest BCUT2D eigenvalue weighted by atomic mass is 32.1. The number of aliphatic hydroxyl groups excluding tert-OH is 1. The van der Waals surface area contributed by atoms with E-state index in [4.69, 9.17) is 9.84 Å². The zero-order valence-electron chi connectivity index (χ0n) is 17.5. The molecule has 1 aliphatic heterocycles. The predicted molar refractivity (Wildman–Crippen MR) is 119 cm³/mol. The summed E-state index contributed by atoms with van der Waals surface area (Å²) < 4.78 is 8.48. The fourth-order valence-electron chi connectivity index (χ4n) is 3.84. The molecule has 0 fully saturated rings. The largest absolute Gasteiger partial charge is 0.395 e. The average molecular weight is 444 g/mol. The van der Waals surface area contributed by atoms with Gasteiger partial charge < -0.3 is 15.2 Å². The summed E-state index contributed by atoms with van der Waals surface area (Å²) in [4.78, 5) is 40.5. The maximum atomic E-state index is 13.4. The number of ether oxygens (including phenoxy) is 1. The van der Waals surface area contributed by atoms with Crippen molar-refractivity contribution in [1.82, 2.24) is 14.5 Å². The van der Waals surface area contributed by atoms with Crippen LogP contribution in [-0.4, -0.2) is 38.9 Å². The SMILES string of the molecule is CC1(C)Cc2c(sc3c2c(=O)n(CC(=O)NCCO)c(=O)n3Cc2ccccc2)CO1. The molecule has 4 rings (SSSR count). The molecule has 1 amide bonds. The molecule has 0 atom stereocenters. The Bertz CT molecular complexity index is 1240. The molecule has 0 aliphatic carbocycles. The molecule has 164 valence electrons. The van der Waals surface area contributed by atoms with Crippen LogP contribution in [0.1, 0.15) is 29.9 Å². The molecule has 1 aromatic carbocycles. The second-order valence-corrected chi connectivity index (χ2v) is 9.31. The Labute approximate surface area is 182 Å². The number of rotatable bonds is 6. The molecule has 2 N–H and O–H groups in total. The minimum absolute atomic E-state index is 0.0629. The van der Waals surface area contributed by atoms with E-state index in [-0.39, 0.29) is 13.2 Å². The van der Waals surface area contributed by atoms with E-state index in [1.165, 1.54) is 11.3 Å². The van der Waals surface area contributed by atoms with Crippen molar-refractivity contribution in [3.8, 4) is 0 Å². The van der Waals surface area contributed by atoms with Crippen LogP contribution in [0.2, 0.25) is 0 Å². The number of hydrogen-bond donors (Lipinski definition) is 2. The topological polar surface area (TPSA) is 103 Å². The molecule has 9 heteroatoms. The standard InChI is InChI=1S/C22H25N3O5S/c1-22(2)10-15-16(13-30-22)31-20-18(15)19(28)24(12-17(27)23-8-9-26)21(29)25(20)11-14-6-4-3-5-7-14/h3-7,26H,8-13H2,1-2H3,(H,23,27). The number of aliphatic hydroxyl groups is 1. The predicted octanol–water partition coefficient (Wildman–Crippen LogP) is 1.23. The third-order valence-electron chi connectivity index (χ3n) is 5.35. The first-order valence-electron chi connectivity index (χ1n) is 10.1. The number of benzene rings is 1. The highest BCUT2D eigenvalue weighted by Gasteiger charge is 2.32. The van der Waals surface area contributed by atoms with Gasteiger partial charge in [0.2, 0.25) is 5.91 Å². The Morgan fingerprint density at radius 1 is 1.23 bits per heavy atom. The van der Waals surface area contributed by atoms with E-state index in [2.05, 4.69) is 5.32 Å². The Balaban J connectivity index is 1.92. The third-order valence-corrected chi connectivity index (χ3v) is 6.58. The van der Waals surface area contributed by atoms with E-state index in [0.717, 1.165) is 20.6 Å². The number of fused-ring (bicyclic) bond motifs is 3. The van der Waals surface area contributed by atoms with Crippen LogP contribution < -0.4 is 16.6 Å². The van der Waals surface area contributed by atoms with Gasteiger partial charge in [0.25, 0.3) is 5.56 Å². The van der Waals surface area contributed by atoms with Crippen molar-refractivity contribution < 1.29 is 14.6 Å². The van der Waals surface area contributed by atoms with Gasteiger partial charge in [-0.05, 0) is 25.0 Å². The molecule has 0 saturated heterocycles. The van der Waals surface area contributed by atoms with E-state index in [1.54, 1.807) is 4.57 Å². The number of amides is 1. The van der Waals surface area contributed by atoms with Crippen molar-refractivity contribution in [1.29, 1.82) is 0 Å². The van der Waals surface area contributed by atoms with Gasteiger partial charge in [-0.15, -0.1) is 11.3 Å². The molecule has 3 heterocycles. The van der Waals surface area contributed by atoms with E-state index in [9.17, 15) is 14.4 Å². The van der Waals surface area contributed by atoms with Crippen molar-refractivity contribution in [3.05, 3.63) is 67.2 Å². The summed E-state index contributed by atoms with van der Waals surface area (Å²) in [7, 11) is 0. The molecule has 0 bridgehead atoms. The van der Waals surface area contributed by atoms with E-state index in [1.807, 2.05) is 44.2 Å². The van der Waals surface area contributed by atoms with Crippen LogP contribution in [0.15, 0.2) is 39.9 Å². The van der Waals surface area contributed by atoms with Gasteiger partial charge in [0.1, 0.15) is 11.4 Å². The molecule has 0 saturated carbocycles. The molecule has 0 unspecified atom stereocenters. The first-order valence-corrected chi connectivity index (χ1v) is 11.0.